The van der Waals surface area contributed by atoms with Gasteiger partial charge in [-0.05, 0) is 24.3 Å². The van der Waals surface area contributed by atoms with Gasteiger partial charge in [0.1, 0.15) is 16.8 Å². The van der Waals surface area contributed by atoms with E-state index < -0.39 is 0 Å². The smallest absolute Gasteiger partial charge is 0.258 e. The second-order valence-electron chi connectivity index (χ2n) is 5.72. The summed E-state index contributed by atoms with van der Waals surface area (Å²) in [5.41, 5.74) is 3.73. The van der Waals surface area contributed by atoms with Gasteiger partial charge < -0.3 is 9.72 Å². The lowest BCUT2D eigenvalue weighted by atomic mass is 10.1. The van der Waals surface area contributed by atoms with Crippen molar-refractivity contribution in [1.29, 1.82) is 0 Å². The summed E-state index contributed by atoms with van der Waals surface area (Å²) in [5, 5.41) is 6.98. The first kappa shape index (κ1) is 15.8. The molecule has 8 nitrogen and oxygen atoms in total. The minimum absolute atomic E-state index is 0.270. The van der Waals surface area contributed by atoms with Crippen molar-refractivity contribution in [2.45, 2.75) is 0 Å². The highest BCUT2D eigenvalue weighted by Crippen LogP contribution is 2.33. The highest BCUT2D eigenvalue weighted by atomic mass is 16.5. The molecule has 0 aliphatic heterocycles. The number of methoxy groups -OCH3 is 1. The molecule has 3 aromatic heterocycles. The van der Waals surface area contributed by atoms with E-state index in [0.29, 0.717) is 28.3 Å². The number of ether oxygens (including phenoxy) is 1. The third-order valence-electron chi connectivity index (χ3n) is 4.02. The molecule has 8 heteroatoms. The largest absolute Gasteiger partial charge is 0.494 e. The molecule has 0 unspecified atom stereocenters. The topological polar surface area (TPSA) is 97.7 Å². The highest BCUT2D eigenvalue weighted by Gasteiger charge is 2.16. The predicted molar refractivity (Wildman–Crippen MR) is 97.0 cm³/mol. The Morgan fingerprint density at radius 1 is 1.23 bits per heavy atom. The Morgan fingerprint density at radius 3 is 2.73 bits per heavy atom. The SMILES string of the molecule is COc1ccc(-c2cnn(C)c2)c2nc(NC(=O)c3ccncc3)[nH]c12. The van der Waals surface area contributed by atoms with Crippen molar-refractivity contribution in [2.75, 3.05) is 12.4 Å². The zero-order valence-corrected chi connectivity index (χ0v) is 14.2. The van der Waals surface area contributed by atoms with Gasteiger partial charge in [0.2, 0.25) is 5.95 Å². The van der Waals surface area contributed by atoms with Crippen LogP contribution >= 0.6 is 0 Å². The van der Waals surface area contributed by atoms with Gasteiger partial charge in [0.05, 0.1) is 13.3 Å². The molecule has 0 aliphatic carbocycles. The maximum absolute atomic E-state index is 12.4. The lowest BCUT2D eigenvalue weighted by Crippen LogP contribution is -2.12. The number of pyridine rings is 1. The fourth-order valence-electron chi connectivity index (χ4n) is 2.77. The predicted octanol–water partition coefficient (Wildman–Crippen LogP) is 2.62. The quantitative estimate of drug-likeness (QED) is 0.591. The molecule has 4 rings (SSSR count). The monoisotopic (exact) mass is 348 g/mol. The maximum atomic E-state index is 12.4. The fourth-order valence-corrected chi connectivity index (χ4v) is 2.77. The van der Waals surface area contributed by atoms with Gasteiger partial charge in [-0.3, -0.25) is 19.8 Å². The second-order valence-corrected chi connectivity index (χ2v) is 5.72. The van der Waals surface area contributed by atoms with E-state index in [1.807, 2.05) is 25.4 Å². The number of fused-ring (bicyclic) bond motifs is 1. The Bertz CT molecular complexity index is 1080. The van der Waals surface area contributed by atoms with Gasteiger partial charge in [-0.25, -0.2) is 4.98 Å². The van der Waals surface area contributed by atoms with Crippen LogP contribution in [0.15, 0.2) is 49.1 Å². The summed E-state index contributed by atoms with van der Waals surface area (Å²) in [6.07, 6.45) is 6.81. The number of nitrogens with one attached hydrogen (secondary N) is 2. The average Bonchev–Trinajstić information content (AvgIpc) is 3.27. The maximum Gasteiger partial charge on any atom is 0.258 e. The van der Waals surface area contributed by atoms with Crippen LogP contribution in [-0.2, 0) is 7.05 Å². The molecule has 0 fully saturated rings. The van der Waals surface area contributed by atoms with Crippen LogP contribution in [0, 0.1) is 0 Å². The number of nitrogens with zero attached hydrogens (tertiary/aromatic N) is 4. The fraction of sp³-hybridized carbons (Fsp3) is 0.111. The van der Waals surface area contributed by atoms with Crippen molar-refractivity contribution in [2.24, 2.45) is 7.05 Å². The normalized spacial score (nSPS) is 10.8. The molecule has 130 valence electrons. The van der Waals surface area contributed by atoms with Gasteiger partial charge in [0.15, 0.2) is 0 Å². The molecule has 3 heterocycles. The number of amides is 1. The lowest BCUT2D eigenvalue weighted by Gasteiger charge is -2.04. The molecular weight excluding hydrogens is 332 g/mol. The molecule has 1 amide bonds. The van der Waals surface area contributed by atoms with Gasteiger partial charge in [-0.15, -0.1) is 0 Å². The minimum atomic E-state index is -0.270. The van der Waals surface area contributed by atoms with Crippen molar-refractivity contribution in [3.8, 4) is 16.9 Å². The number of carbonyl (C=O) groups excluding carboxylic acids is 1. The number of H-pyrrole nitrogens is 1. The first-order valence-corrected chi connectivity index (χ1v) is 7.93. The summed E-state index contributed by atoms with van der Waals surface area (Å²) in [4.78, 5) is 23.9. The van der Waals surface area contributed by atoms with Crippen LogP contribution < -0.4 is 10.1 Å². The molecule has 0 radical (unpaired) electrons. The second kappa shape index (κ2) is 6.32. The van der Waals surface area contributed by atoms with E-state index in [4.69, 9.17) is 4.74 Å². The zero-order chi connectivity index (χ0) is 18.1. The summed E-state index contributed by atoms with van der Waals surface area (Å²) >= 11 is 0. The summed E-state index contributed by atoms with van der Waals surface area (Å²) in [5.74, 6) is 0.717. The average molecular weight is 348 g/mol. The third-order valence-corrected chi connectivity index (χ3v) is 4.02. The van der Waals surface area contributed by atoms with Crippen molar-refractivity contribution in [3.63, 3.8) is 0 Å². The highest BCUT2D eigenvalue weighted by molar-refractivity contribution is 6.05. The van der Waals surface area contributed by atoms with E-state index in [1.165, 1.54) is 0 Å². The van der Waals surface area contributed by atoms with E-state index in [1.54, 1.807) is 42.5 Å². The molecule has 4 aromatic rings. The van der Waals surface area contributed by atoms with Crippen LogP contribution in [-0.4, -0.2) is 37.7 Å². The standard InChI is InChI=1S/C18H16N6O2/c1-24-10-12(9-20-24)13-3-4-14(26-2)16-15(13)21-18(22-16)23-17(25)11-5-7-19-8-6-11/h3-10H,1-2H3,(H2,21,22,23,25). The molecule has 0 spiro atoms. The Morgan fingerprint density at radius 2 is 2.04 bits per heavy atom. The van der Waals surface area contributed by atoms with Crippen LogP contribution in [0.3, 0.4) is 0 Å². The first-order chi connectivity index (χ1) is 12.7. The molecule has 0 aliphatic rings. The Kier molecular flexibility index (Phi) is 3.85. The molecule has 0 bridgehead atoms. The van der Waals surface area contributed by atoms with Crippen LogP contribution in [0.5, 0.6) is 5.75 Å². The van der Waals surface area contributed by atoms with Crippen LogP contribution in [0.2, 0.25) is 0 Å². The third kappa shape index (κ3) is 2.77. The number of hydrogen-bond donors (Lipinski definition) is 2. The summed E-state index contributed by atoms with van der Waals surface area (Å²) < 4.78 is 7.14. The molecular formula is C18H16N6O2. The molecule has 0 saturated heterocycles. The Hall–Kier alpha value is -3.68. The summed E-state index contributed by atoms with van der Waals surface area (Å²) in [7, 11) is 3.45. The van der Waals surface area contributed by atoms with Crippen LogP contribution in [0.1, 0.15) is 10.4 Å². The van der Waals surface area contributed by atoms with Gasteiger partial charge >= 0.3 is 0 Å². The molecule has 26 heavy (non-hydrogen) atoms. The minimum Gasteiger partial charge on any atom is -0.494 e. The van der Waals surface area contributed by atoms with Crippen LogP contribution in [0.4, 0.5) is 5.95 Å². The molecule has 0 saturated carbocycles. The number of aromatic nitrogens is 5. The number of hydrogen-bond acceptors (Lipinski definition) is 5. The Labute approximate surface area is 148 Å². The summed E-state index contributed by atoms with van der Waals surface area (Å²) in [6.45, 7) is 0. The van der Waals surface area contributed by atoms with Gasteiger partial charge in [0.25, 0.3) is 5.91 Å². The summed E-state index contributed by atoms with van der Waals surface area (Å²) in [6, 6.07) is 7.06. The first-order valence-electron chi connectivity index (χ1n) is 7.93. The zero-order valence-electron chi connectivity index (χ0n) is 14.2. The van der Waals surface area contributed by atoms with Crippen LogP contribution in [0.25, 0.3) is 22.2 Å². The number of rotatable bonds is 4. The van der Waals surface area contributed by atoms with Gasteiger partial charge in [0, 0.05) is 42.3 Å². The van der Waals surface area contributed by atoms with Gasteiger partial charge in [-0.1, -0.05) is 0 Å². The Balaban J connectivity index is 1.77. The van der Waals surface area contributed by atoms with Crippen molar-refractivity contribution >= 4 is 22.9 Å². The van der Waals surface area contributed by atoms with Crippen molar-refractivity contribution in [3.05, 3.63) is 54.6 Å². The molecule has 2 N–H and O–H groups in total. The van der Waals surface area contributed by atoms with E-state index in [2.05, 4.69) is 25.4 Å². The van der Waals surface area contributed by atoms with E-state index in [9.17, 15) is 4.79 Å². The van der Waals surface area contributed by atoms with Crippen molar-refractivity contribution < 1.29 is 9.53 Å². The number of imidazole rings is 1. The van der Waals surface area contributed by atoms with Crippen molar-refractivity contribution in [1.82, 2.24) is 24.7 Å². The van der Waals surface area contributed by atoms with E-state index in [-0.39, 0.29) is 5.91 Å². The molecule has 1 aromatic carbocycles. The van der Waals surface area contributed by atoms with E-state index >= 15 is 0 Å². The number of carbonyl (C=O) groups is 1. The number of benzene rings is 1. The van der Waals surface area contributed by atoms with Gasteiger partial charge in [-0.2, -0.15) is 5.10 Å². The number of anilines is 1. The lowest BCUT2D eigenvalue weighted by molar-refractivity contribution is 0.102. The number of aromatic amines is 1. The van der Waals surface area contributed by atoms with E-state index in [0.717, 1.165) is 11.1 Å². The molecule has 0 atom stereocenters. The number of aryl methyl sites for hydroxylation is 1.